The summed E-state index contributed by atoms with van der Waals surface area (Å²) in [4.78, 5) is 31.2. The standard InChI is InChI=1S/C25H34ClN3O3S/c1-17(2)14-28(24(31)27-25(3,4)5)15-23(30)29-12-10-22-20(11-13-33-22)21(29)16-32-19-8-6-18(26)7-9-19/h6-9,11,13,17,21H,10,12,14-16H2,1-5H3,(H,27,31)/t21-/m0/s1. The Bertz CT molecular complexity index is 953. The minimum absolute atomic E-state index is 0.0387. The van der Waals surface area contributed by atoms with E-state index in [2.05, 4.69) is 16.8 Å². The van der Waals surface area contributed by atoms with Crippen LogP contribution in [0.1, 0.15) is 51.1 Å². The zero-order valence-electron chi connectivity index (χ0n) is 20.1. The zero-order chi connectivity index (χ0) is 24.2. The molecule has 1 aliphatic rings. The number of nitrogens with zero attached hydrogens (tertiary/aromatic N) is 2. The number of amides is 3. The molecule has 1 aliphatic heterocycles. The molecular formula is C25H34ClN3O3S. The molecule has 2 heterocycles. The largest absolute Gasteiger partial charge is 0.491 e. The molecule has 3 amide bonds. The quantitative estimate of drug-likeness (QED) is 0.566. The molecule has 3 rings (SSSR count). The van der Waals surface area contributed by atoms with Gasteiger partial charge >= 0.3 is 6.03 Å². The summed E-state index contributed by atoms with van der Waals surface area (Å²) in [5, 5.41) is 5.70. The van der Waals surface area contributed by atoms with Gasteiger partial charge in [0.1, 0.15) is 18.9 Å². The van der Waals surface area contributed by atoms with Gasteiger partial charge in [0.25, 0.3) is 0 Å². The van der Waals surface area contributed by atoms with Gasteiger partial charge in [-0.1, -0.05) is 25.4 Å². The number of carbonyl (C=O) groups is 2. The summed E-state index contributed by atoms with van der Waals surface area (Å²) in [5.74, 6) is 0.888. The van der Waals surface area contributed by atoms with Crippen LogP contribution in [0.3, 0.4) is 0 Å². The summed E-state index contributed by atoms with van der Waals surface area (Å²) in [6, 6.07) is 8.89. The highest BCUT2D eigenvalue weighted by Gasteiger charge is 2.34. The zero-order valence-corrected chi connectivity index (χ0v) is 21.6. The van der Waals surface area contributed by atoms with Gasteiger partial charge in [0.15, 0.2) is 0 Å². The SMILES string of the molecule is CC(C)CN(CC(=O)N1CCc2sccc2[C@@H]1COc1ccc(Cl)cc1)C(=O)NC(C)(C)C. The molecule has 0 radical (unpaired) electrons. The first-order chi connectivity index (χ1) is 15.5. The highest BCUT2D eigenvalue weighted by atomic mass is 35.5. The van der Waals surface area contributed by atoms with E-state index >= 15 is 0 Å². The van der Waals surface area contributed by atoms with Crippen molar-refractivity contribution in [1.82, 2.24) is 15.1 Å². The number of benzene rings is 1. The van der Waals surface area contributed by atoms with Crippen LogP contribution in [0.15, 0.2) is 35.7 Å². The second-order valence-corrected chi connectivity index (χ2v) is 11.3. The molecule has 1 aromatic heterocycles. The Morgan fingerprint density at radius 2 is 1.94 bits per heavy atom. The first-order valence-corrected chi connectivity index (χ1v) is 12.6. The van der Waals surface area contributed by atoms with Crippen LogP contribution in [0.5, 0.6) is 5.75 Å². The second kappa shape index (κ2) is 10.8. The first-order valence-electron chi connectivity index (χ1n) is 11.3. The Hall–Kier alpha value is -2.25. The monoisotopic (exact) mass is 491 g/mol. The van der Waals surface area contributed by atoms with Gasteiger partial charge in [-0.3, -0.25) is 4.79 Å². The van der Waals surface area contributed by atoms with Crippen LogP contribution < -0.4 is 10.1 Å². The molecule has 8 heteroatoms. The molecule has 1 atom stereocenters. The second-order valence-electron chi connectivity index (χ2n) is 9.87. The Morgan fingerprint density at radius 1 is 1.24 bits per heavy atom. The lowest BCUT2D eigenvalue weighted by Crippen LogP contribution is -2.53. The molecule has 0 unspecified atom stereocenters. The van der Waals surface area contributed by atoms with Crippen molar-refractivity contribution in [2.75, 3.05) is 26.2 Å². The lowest BCUT2D eigenvalue weighted by Gasteiger charge is -2.37. The maximum atomic E-state index is 13.5. The van der Waals surface area contributed by atoms with Crippen molar-refractivity contribution in [3.05, 3.63) is 51.2 Å². The van der Waals surface area contributed by atoms with Crippen molar-refractivity contribution >= 4 is 34.9 Å². The fourth-order valence-corrected chi connectivity index (χ4v) is 4.95. The summed E-state index contributed by atoms with van der Waals surface area (Å²) < 4.78 is 6.05. The van der Waals surface area contributed by atoms with E-state index in [0.29, 0.717) is 30.5 Å². The third-order valence-electron chi connectivity index (χ3n) is 5.32. The van der Waals surface area contributed by atoms with Crippen molar-refractivity contribution in [3.8, 4) is 5.75 Å². The predicted molar refractivity (Wildman–Crippen MR) is 134 cm³/mol. The Balaban J connectivity index is 1.76. The number of thiophene rings is 1. The number of rotatable bonds is 7. The van der Waals surface area contributed by atoms with Crippen LogP contribution in [0.25, 0.3) is 0 Å². The topological polar surface area (TPSA) is 61.9 Å². The molecule has 1 aromatic carbocycles. The van der Waals surface area contributed by atoms with Crippen molar-refractivity contribution in [2.24, 2.45) is 5.92 Å². The summed E-state index contributed by atoms with van der Waals surface area (Å²) in [6.07, 6.45) is 0.814. The molecule has 0 aliphatic carbocycles. The van der Waals surface area contributed by atoms with E-state index in [1.54, 1.807) is 28.4 Å². The first kappa shape index (κ1) is 25.4. The summed E-state index contributed by atoms with van der Waals surface area (Å²) in [5.41, 5.74) is 0.754. The van der Waals surface area contributed by atoms with E-state index in [9.17, 15) is 9.59 Å². The van der Waals surface area contributed by atoms with Crippen molar-refractivity contribution in [1.29, 1.82) is 0 Å². The normalized spacial score (nSPS) is 15.8. The third-order valence-corrected chi connectivity index (χ3v) is 6.57. The van der Waals surface area contributed by atoms with Gasteiger partial charge in [-0.2, -0.15) is 0 Å². The molecule has 1 N–H and O–H groups in total. The van der Waals surface area contributed by atoms with Crippen LogP contribution in [0.2, 0.25) is 5.02 Å². The molecule has 0 fully saturated rings. The molecule has 6 nitrogen and oxygen atoms in total. The van der Waals surface area contributed by atoms with E-state index in [-0.39, 0.29) is 36.0 Å². The van der Waals surface area contributed by atoms with E-state index < -0.39 is 0 Å². The van der Waals surface area contributed by atoms with E-state index in [4.69, 9.17) is 16.3 Å². The molecule has 33 heavy (non-hydrogen) atoms. The fourth-order valence-electron chi connectivity index (χ4n) is 3.89. The van der Waals surface area contributed by atoms with Gasteiger partial charge in [-0.25, -0.2) is 4.79 Å². The van der Waals surface area contributed by atoms with Crippen LogP contribution in [-0.2, 0) is 11.2 Å². The average molecular weight is 492 g/mol. The van der Waals surface area contributed by atoms with Gasteiger partial charge in [-0.05, 0) is 74.4 Å². The maximum Gasteiger partial charge on any atom is 0.318 e. The molecule has 0 saturated carbocycles. The van der Waals surface area contributed by atoms with Crippen molar-refractivity contribution in [2.45, 2.75) is 52.6 Å². The van der Waals surface area contributed by atoms with E-state index in [0.717, 1.165) is 12.0 Å². The number of carbonyl (C=O) groups excluding carboxylic acids is 2. The third kappa shape index (κ3) is 7.11. The predicted octanol–water partition coefficient (Wildman–Crippen LogP) is 5.37. The fraction of sp³-hybridized carbons (Fsp3) is 0.520. The average Bonchev–Trinajstić information content (AvgIpc) is 3.20. The number of ether oxygens (including phenoxy) is 1. The number of hydrogen-bond donors (Lipinski definition) is 1. The Labute approximate surface area is 205 Å². The van der Waals surface area contributed by atoms with Gasteiger partial charge in [0.05, 0.1) is 6.04 Å². The van der Waals surface area contributed by atoms with Gasteiger partial charge in [0, 0.05) is 28.5 Å². The number of halogens is 1. The molecule has 180 valence electrons. The highest BCUT2D eigenvalue weighted by Crippen LogP contribution is 2.34. The summed E-state index contributed by atoms with van der Waals surface area (Å²) in [7, 11) is 0. The van der Waals surface area contributed by atoms with E-state index in [1.165, 1.54) is 4.88 Å². The molecule has 0 saturated heterocycles. The van der Waals surface area contributed by atoms with Gasteiger partial charge in [0.2, 0.25) is 5.91 Å². The number of urea groups is 1. The minimum atomic E-state index is -0.374. The molecular weight excluding hydrogens is 458 g/mol. The maximum absolute atomic E-state index is 13.5. The summed E-state index contributed by atoms with van der Waals surface area (Å²) in [6.45, 7) is 11.4. The Morgan fingerprint density at radius 3 is 2.58 bits per heavy atom. The van der Waals surface area contributed by atoms with Crippen LogP contribution >= 0.6 is 22.9 Å². The molecule has 0 spiro atoms. The van der Waals surface area contributed by atoms with Crippen molar-refractivity contribution in [3.63, 3.8) is 0 Å². The van der Waals surface area contributed by atoms with Crippen LogP contribution in [0.4, 0.5) is 4.79 Å². The molecule has 0 bridgehead atoms. The minimum Gasteiger partial charge on any atom is -0.491 e. The van der Waals surface area contributed by atoms with Crippen molar-refractivity contribution < 1.29 is 14.3 Å². The lowest BCUT2D eigenvalue weighted by atomic mass is 10.0. The summed E-state index contributed by atoms with van der Waals surface area (Å²) >= 11 is 7.70. The van der Waals surface area contributed by atoms with Gasteiger partial charge in [-0.15, -0.1) is 11.3 Å². The van der Waals surface area contributed by atoms with Crippen LogP contribution in [-0.4, -0.2) is 53.5 Å². The Kier molecular flexibility index (Phi) is 8.29. The molecule has 2 aromatic rings. The lowest BCUT2D eigenvalue weighted by molar-refractivity contribution is -0.135. The van der Waals surface area contributed by atoms with E-state index in [1.807, 2.05) is 51.7 Å². The number of fused-ring (bicyclic) bond motifs is 1. The number of nitrogens with one attached hydrogen (secondary N) is 1. The highest BCUT2D eigenvalue weighted by molar-refractivity contribution is 7.10. The number of hydrogen-bond acceptors (Lipinski definition) is 4. The van der Waals surface area contributed by atoms with Crippen LogP contribution in [0, 0.1) is 5.92 Å². The smallest absolute Gasteiger partial charge is 0.318 e. The van der Waals surface area contributed by atoms with Gasteiger partial charge < -0.3 is 19.9 Å².